The molecule has 0 spiro atoms. The highest BCUT2D eigenvalue weighted by Gasteiger charge is 2.26. The topological polar surface area (TPSA) is 18.5 Å². The minimum Gasteiger partial charge on any atom is -0.472 e. The van der Waals surface area contributed by atoms with Crippen molar-refractivity contribution in [3.8, 4) is 0 Å². The van der Waals surface area contributed by atoms with Gasteiger partial charge in [-0.05, 0) is 12.5 Å². The highest BCUT2D eigenvalue weighted by atomic mass is 16.7. The summed E-state index contributed by atoms with van der Waals surface area (Å²) in [5.41, 5.74) is 0.0642. The molecule has 1 heterocycles. The third-order valence-corrected chi connectivity index (χ3v) is 1.56. The van der Waals surface area contributed by atoms with Crippen molar-refractivity contribution in [3.63, 3.8) is 0 Å². The second-order valence-corrected chi connectivity index (χ2v) is 3.87. The molecule has 0 bridgehead atoms. The molecule has 0 aliphatic carbocycles. The quantitative estimate of drug-likeness (QED) is 0.536. The van der Waals surface area contributed by atoms with E-state index in [1.54, 1.807) is 6.26 Å². The second kappa shape index (κ2) is 3.26. The van der Waals surface area contributed by atoms with Crippen molar-refractivity contribution in [1.29, 1.82) is 0 Å². The van der Waals surface area contributed by atoms with E-state index in [1.165, 1.54) is 0 Å². The Balaban J connectivity index is 2.51. The van der Waals surface area contributed by atoms with Crippen molar-refractivity contribution in [1.82, 2.24) is 0 Å². The third-order valence-electron chi connectivity index (χ3n) is 1.56. The van der Waals surface area contributed by atoms with Crippen LogP contribution in [0.1, 0.15) is 27.2 Å². The summed E-state index contributed by atoms with van der Waals surface area (Å²) in [4.78, 5) is 0. The van der Waals surface area contributed by atoms with Crippen molar-refractivity contribution >= 4 is 0 Å². The van der Waals surface area contributed by atoms with E-state index in [9.17, 15) is 0 Å². The van der Waals surface area contributed by atoms with Crippen LogP contribution in [0.25, 0.3) is 0 Å². The maximum absolute atomic E-state index is 5.48. The van der Waals surface area contributed by atoms with Gasteiger partial charge in [0.25, 0.3) is 0 Å². The third kappa shape index (κ3) is 2.54. The van der Waals surface area contributed by atoms with Gasteiger partial charge in [0, 0.05) is 5.41 Å². The van der Waals surface area contributed by atoms with Gasteiger partial charge in [-0.1, -0.05) is 20.8 Å². The van der Waals surface area contributed by atoms with Gasteiger partial charge in [-0.2, -0.15) is 0 Å². The van der Waals surface area contributed by atoms with Crippen LogP contribution >= 0.6 is 0 Å². The molecule has 0 saturated heterocycles. The molecule has 0 aromatic carbocycles. The molecule has 0 aromatic heterocycles. The molecule has 1 aliphatic rings. The zero-order valence-electron chi connectivity index (χ0n) is 7.46. The van der Waals surface area contributed by atoms with Crippen LogP contribution in [0.4, 0.5) is 0 Å². The standard InChI is InChI=1S/C9H16O2/c1-9(2,3)8-10-6-4-5-7-11-8/h4,6,8H,5,7H2,1-3H3. The van der Waals surface area contributed by atoms with Gasteiger partial charge in [0.05, 0.1) is 12.9 Å². The molecule has 64 valence electrons. The summed E-state index contributed by atoms with van der Waals surface area (Å²) in [5, 5.41) is 0. The highest BCUT2D eigenvalue weighted by Crippen LogP contribution is 2.24. The molecule has 1 aliphatic heterocycles. The summed E-state index contributed by atoms with van der Waals surface area (Å²) in [6.07, 6.45) is 4.59. The van der Waals surface area contributed by atoms with Crippen molar-refractivity contribution < 1.29 is 9.47 Å². The van der Waals surface area contributed by atoms with Gasteiger partial charge < -0.3 is 9.47 Å². The molecule has 2 heteroatoms. The van der Waals surface area contributed by atoms with Crippen LogP contribution in [0.5, 0.6) is 0 Å². The number of ether oxygens (including phenoxy) is 2. The van der Waals surface area contributed by atoms with Crippen molar-refractivity contribution in [2.45, 2.75) is 33.5 Å². The van der Waals surface area contributed by atoms with Crippen LogP contribution in [0.15, 0.2) is 12.3 Å². The molecule has 0 N–H and O–H groups in total. The van der Waals surface area contributed by atoms with E-state index >= 15 is 0 Å². The largest absolute Gasteiger partial charge is 0.472 e. The fourth-order valence-electron chi connectivity index (χ4n) is 0.931. The van der Waals surface area contributed by atoms with Gasteiger partial charge in [0.2, 0.25) is 6.29 Å². The van der Waals surface area contributed by atoms with Gasteiger partial charge in [0.15, 0.2) is 0 Å². The normalized spacial score (nSPS) is 25.9. The van der Waals surface area contributed by atoms with Crippen molar-refractivity contribution in [2.75, 3.05) is 6.61 Å². The first kappa shape index (κ1) is 8.60. The SMILES string of the molecule is CC(C)(C)C1OC=CCCO1. The van der Waals surface area contributed by atoms with Gasteiger partial charge in [-0.15, -0.1) is 0 Å². The summed E-state index contributed by atoms with van der Waals surface area (Å²) in [5.74, 6) is 0. The maximum Gasteiger partial charge on any atom is 0.203 e. The Kier molecular flexibility index (Phi) is 2.55. The lowest BCUT2D eigenvalue weighted by Gasteiger charge is -2.28. The van der Waals surface area contributed by atoms with Crippen LogP contribution in [-0.2, 0) is 9.47 Å². The smallest absolute Gasteiger partial charge is 0.203 e. The Bertz CT molecular complexity index is 144. The Labute approximate surface area is 68.2 Å². The van der Waals surface area contributed by atoms with Gasteiger partial charge in [-0.3, -0.25) is 0 Å². The van der Waals surface area contributed by atoms with E-state index in [0.29, 0.717) is 0 Å². The lowest BCUT2D eigenvalue weighted by atomic mass is 9.96. The Morgan fingerprint density at radius 2 is 2.09 bits per heavy atom. The lowest BCUT2D eigenvalue weighted by molar-refractivity contribution is -0.158. The van der Waals surface area contributed by atoms with Gasteiger partial charge in [0.1, 0.15) is 0 Å². The molecule has 0 amide bonds. The summed E-state index contributed by atoms with van der Waals surface area (Å²) >= 11 is 0. The maximum atomic E-state index is 5.48. The van der Waals surface area contributed by atoms with Crippen LogP contribution < -0.4 is 0 Å². The van der Waals surface area contributed by atoms with Crippen LogP contribution in [0.3, 0.4) is 0 Å². The lowest BCUT2D eigenvalue weighted by Crippen LogP contribution is -2.30. The predicted octanol–water partition coefficient (Wildman–Crippen LogP) is 2.31. The van der Waals surface area contributed by atoms with Crippen LogP contribution in [-0.4, -0.2) is 12.9 Å². The summed E-state index contributed by atoms with van der Waals surface area (Å²) in [6, 6.07) is 0. The second-order valence-electron chi connectivity index (χ2n) is 3.87. The zero-order chi connectivity index (χ0) is 8.32. The summed E-state index contributed by atoms with van der Waals surface area (Å²) in [6.45, 7) is 7.09. The van der Waals surface area contributed by atoms with Gasteiger partial charge in [-0.25, -0.2) is 0 Å². The van der Waals surface area contributed by atoms with Crippen LogP contribution in [0.2, 0.25) is 0 Å². The monoisotopic (exact) mass is 156 g/mol. The first-order valence-corrected chi connectivity index (χ1v) is 4.03. The molecule has 1 atom stereocenters. The van der Waals surface area contributed by atoms with E-state index < -0.39 is 0 Å². The minimum absolute atomic E-state index is 0.0642. The first-order valence-electron chi connectivity index (χ1n) is 4.03. The van der Waals surface area contributed by atoms with E-state index in [0.717, 1.165) is 13.0 Å². The van der Waals surface area contributed by atoms with E-state index in [-0.39, 0.29) is 11.7 Å². The number of hydrogen-bond acceptors (Lipinski definition) is 2. The number of rotatable bonds is 0. The first-order chi connectivity index (χ1) is 5.11. The molecule has 2 nitrogen and oxygen atoms in total. The number of hydrogen-bond donors (Lipinski definition) is 0. The molecule has 0 aromatic rings. The molecular formula is C9H16O2. The Morgan fingerprint density at radius 1 is 1.36 bits per heavy atom. The molecule has 11 heavy (non-hydrogen) atoms. The summed E-state index contributed by atoms with van der Waals surface area (Å²) < 4.78 is 10.8. The van der Waals surface area contributed by atoms with E-state index in [4.69, 9.17) is 9.47 Å². The molecule has 0 radical (unpaired) electrons. The zero-order valence-corrected chi connectivity index (χ0v) is 7.46. The summed E-state index contributed by atoms with van der Waals surface area (Å²) in [7, 11) is 0. The fraction of sp³-hybridized carbons (Fsp3) is 0.778. The average molecular weight is 156 g/mol. The Morgan fingerprint density at radius 3 is 2.73 bits per heavy atom. The van der Waals surface area contributed by atoms with E-state index in [2.05, 4.69) is 20.8 Å². The molecule has 1 unspecified atom stereocenters. The van der Waals surface area contributed by atoms with E-state index in [1.807, 2.05) is 6.08 Å². The molecule has 0 saturated carbocycles. The average Bonchev–Trinajstić information content (AvgIpc) is 2.10. The Hall–Kier alpha value is -0.500. The van der Waals surface area contributed by atoms with Crippen molar-refractivity contribution in [2.24, 2.45) is 5.41 Å². The minimum atomic E-state index is -0.0961. The predicted molar refractivity (Wildman–Crippen MR) is 44.0 cm³/mol. The molecule has 1 rings (SSSR count). The molecular weight excluding hydrogens is 140 g/mol. The van der Waals surface area contributed by atoms with Crippen LogP contribution in [0, 0.1) is 5.41 Å². The van der Waals surface area contributed by atoms with Crippen molar-refractivity contribution in [3.05, 3.63) is 12.3 Å². The molecule has 0 fully saturated rings. The van der Waals surface area contributed by atoms with Gasteiger partial charge >= 0.3 is 0 Å². The highest BCUT2D eigenvalue weighted by molar-refractivity contribution is 4.79. The fourth-order valence-corrected chi connectivity index (χ4v) is 0.931.